The smallest absolute Gasteiger partial charge is 0.253 e. The average molecular weight is 356 g/mol. The number of aromatic nitrogens is 2. The summed E-state index contributed by atoms with van der Waals surface area (Å²) in [4.78, 5) is 25.4. The lowest BCUT2D eigenvalue weighted by Crippen LogP contribution is -2.39. The Kier molecular flexibility index (Phi) is 5.93. The van der Waals surface area contributed by atoms with Crippen LogP contribution in [0.25, 0.3) is 0 Å². The predicted molar refractivity (Wildman–Crippen MR) is 98.2 cm³/mol. The van der Waals surface area contributed by atoms with E-state index in [4.69, 9.17) is 0 Å². The average Bonchev–Trinajstić information content (AvgIpc) is 2.64. The second kappa shape index (κ2) is 8.36. The lowest BCUT2D eigenvalue weighted by atomic mass is 9.92. The lowest BCUT2D eigenvalue weighted by molar-refractivity contribution is 0.0690. The minimum atomic E-state index is -0.321. The SMILES string of the molecule is CN(C)Cc1cnc(CC2CCN(C(=O)c3ccc(F)cc3)CC2)cn1. The van der Waals surface area contributed by atoms with Gasteiger partial charge in [-0.1, -0.05) is 0 Å². The molecule has 2 heterocycles. The van der Waals surface area contributed by atoms with Gasteiger partial charge in [-0.15, -0.1) is 0 Å². The maximum Gasteiger partial charge on any atom is 0.253 e. The van der Waals surface area contributed by atoms with Crippen molar-refractivity contribution in [1.29, 1.82) is 0 Å². The van der Waals surface area contributed by atoms with Gasteiger partial charge in [0.15, 0.2) is 0 Å². The van der Waals surface area contributed by atoms with Crippen molar-refractivity contribution in [2.45, 2.75) is 25.8 Å². The molecule has 1 saturated heterocycles. The number of amides is 1. The molecule has 1 aromatic heterocycles. The summed E-state index contributed by atoms with van der Waals surface area (Å²) in [5.74, 6) is 0.176. The van der Waals surface area contributed by atoms with Gasteiger partial charge in [0.05, 0.1) is 17.6 Å². The molecule has 0 bridgehead atoms. The second-order valence-electron chi connectivity index (χ2n) is 7.18. The third-order valence-corrected chi connectivity index (χ3v) is 4.73. The Hall–Kier alpha value is -2.34. The molecule has 0 radical (unpaired) electrons. The molecule has 0 atom stereocenters. The van der Waals surface area contributed by atoms with Crippen LogP contribution in [0, 0.1) is 11.7 Å². The molecular formula is C20H25FN4O. The van der Waals surface area contributed by atoms with Crippen LogP contribution in [-0.4, -0.2) is 52.9 Å². The largest absolute Gasteiger partial charge is 0.339 e. The van der Waals surface area contributed by atoms with E-state index in [1.807, 2.05) is 31.4 Å². The highest BCUT2D eigenvalue weighted by Crippen LogP contribution is 2.22. The third-order valence-electron chi connectivity index (χ3n) is 4.73. The van der Waals surface area contributed by atoms with Crippen molar-refractivity contribution < 1.29 is 9.18 Å². The molecule has 26 heavy (non-hydrogen) atoms. The van der Waals surface area contributed by atoms with Crippen molar-refractivity contribution in [3.63, 3.8) is 0 Å². The fraction of sp³-hybridized carbons (Fsp3) is 0.450. The first-order chi connectivity index (χ1) is 12.5. The van der Waals surface area contributed by atoms with E-state index in [9.17, 15) is 9.18 Å². The van der Waals surface area contributed by atoms with Crippen LogP contribution in [0.4, 0.5) is 4.39 Å². The van der Waals surface area contributed by atoms with Crippen molar-refractivity contribution in [2.75, 3.05) is 27.2 Å². The highest BCUT2D eigenvalue weighted by molar-refractivity contribution is 5.94. The Labute approximate surface area is 153 Å². The molecule has 138 valence electrons. The van der Waals surface area contributed by atoms with Gasteiger partial charge < -0.3 is 9.80 Å². The van der Waals surface area contributed by atoms with E-state index in [2.05, 4.69) is 14.9 Å². The number of benzene rings is 1. The maximum atomic E-state index is 13.0. The zero-order valence-electron chi connectivity index (χ0n) is 15.4. The van der Waals surface area contributed by atoms with Crippen LogP contribution >= 0.6 is 0 Å². The van der Waals surface area contributed by atoms with E-state index in [1.54, 1.807) is 12.1 Å². The minimum Gasteiger partial charge on any atom is -0.339 e. The standard InChI is InChI=1S/C20H25FN4O/c1-24(2)14-19-13-22-18(12-23-19)11-15-7-9-25(10-8-15)20(26)16-3-5-17(21)6-4-16/h3-6,12-13,15H,7-11,14H2,1-2H3. The van der Waals surface area contributed by atoms with Gasteiger partial charge >= 0.3 is 0 Å². The van der Waals surface area contributed by atoms with Crippen LogP contribution in [0.2, 0.25) is 0 Å². The maximum absolute atomic E-state index is 13.0. The van der Waals surface area contributed by atoms with Gasteiger partial charge in [0.1, 0.15) is 5.82 Å². The summed E-state index contributed by atoms with van der Waals surface area (Å²) < 4.78 is 13.0. The molecule has 0 saturated carbocycles. The number of nitrogens with zero attached hydrogens (tertiary/aromatic N) is 4. The molecule has 2 aromatic rings. The van der Waals surface area contributed by atoms with Crippen LogP contribution in [0.1, 0.15) is 34.6 Å². The van der Waals surface area contributed by atoms with E-state index >= 15 is 0 Å². The number of carbonyl (C=O) groups excluding carboxylic acids is 1. The molecule has 1 fully saturated rings. The summed E-state index contributed by atoms with van der Waals surface area (Å²) in [7, 11) is 4.02. The molecule has 0 aliphatic carbocycles. The van der Waals surface area contributed by atoms with Gasteiger partial charge in [0.2, 0.25) is 0 Å². The Bertz CT molecular complexity index is 722. The number of hydrogen-bond donors (Lipinski definition) is 0. The van der Waals surface area contributed by atoms with Gasteiger partial charge in [-0.2, -0.15) is 0 Å². The van der Waals surface area contributed by atoms with Gasteiger partial charge in [0, 0.05) is 31.4 Å². The van der Waals surface area contributed by atoms with Gasteiger partial charge in [0.25, 0.3) is 5.91 Å². The minimum absolute atomic E-state index is 0.0173. The van der Waals surface area contributed by atoms with Crippen molar-refractivity contribution >= 4 is 5.91 Å². The van der Waals surface area contributed by atoms with Crippen molar-refractivity contribution in [1.82, 2.24) is 19.8 Å². The number of rotatable bonds is 5. The normalized spacial score (nSPS) is 15.5. The quantitative estimate of drug-likeness (QED) is 0.827. The Morgan fingerprint density at radius 2 is 1.73 bits per heavy atom. The van der Waals surface area contributed by atoms with Crippen LogP contribution in [0.15, 0.2) is 36.7 Å². The van der Waals surface area contributed by atoms with Crippen LogP contribution < -0.4 is 0 Å². The monoisotopic (exact) mass is 356 g/mol. The predicted octanol–water partition coefficient (Wildman–Crippen LogP) is 2.77. The van der Waals surface area contributed by atoms with Crippen molar-refractivity contribution in [3.8, 4) is 0 Å². The van der Waals surface area contributed by atoms with E-state index in [-0.39, 0.29) is 11.7 Å². The first-order valence-corrected chi connectivity index (χ1v) is 9.00. The van der Waals surface area contributed by atoms with Crippen LogP contribution in [0.3, 0.4) is 0 Å². The number of carbonyl (C=O) groups is 1. The fourth-order valence-electron chi connectivity index (χ4n) is 3.30. The van der Waals surface area contributed by atoms with Crippen molar-refractivity contribution in [2.24, 2.45) is 5.92 Å². The van der Waals surface area contributed by atoms with Crippen molar-refractivity contribution in [3.05, 3.63) is 59.4 Å². The molecule has 1 aromatic carbocycles. The first-order valence-electron chi connectivity index (χ1n) is 9.00. The molecule has 0 spiro atoms. The molecule has 6 heteroatoms. The third kappa shape index (κ3) is 4.85. The van der Waals surface area contributed by atoms with E-state index in [0.29, 0.717) is 11.5 Å². The molecule has 5 nitrogen and oxygen atoms in total. The lowest BCUT2D eigenvalue weighted by Gasteiger charge is -2.32. The Morgan fingerprint density at radius 1 is 1.12 bits per heavy atom. The summed E-state index contributed by atoms with van der Waals surface area (Å²) in [5, 5.41) is 0. The fourth-order valence-corrected chi connectivity index (χ4v) is 3.30. The number of likely N-dealkylation sites (tertiary alicyclic amines) is 1. The number of piperidine rings is 1. The summed E-state index contributed by atoms with van der Waals surface area (Å²) in [5.41, 5.74) is 2.53. The molecule has 1 amide bonds. The summed E-state index contributed by atoms with van der Waals surface area (Å²) in [6, 6.07) is 5.76. The highest BCUT2D eigenvalue weighted by Gasteiger charge is 2.24. The van der Waals surface area contributed by atoms with E-state index in [1.165, 1.54) is 12.1 Å². The summed E-state index contributed by atoms with van der Waals surface area (Å²) >= 11 is 0. The molecule has 0 unspecified atom stereocenters. The van der Waals surface area contributed by atoms with E-state index < -0.39 is 0 Å². The molecular weight excluding hydrogens is 331 g/mol. The van der Waals surface area contributed by atoms with Gasteiger partial charge in [-0.3, -0.25) is 14.8 Å². The number of halogens is 1. The highest BCUT2D eigenvalue weighted by atomic mass is 19.1. The summed E-state index contributed by atoms with van der Waals surface area (Å²) in [6.07, 6.45) is 6.52. The molecule has 3 rings (SSSR count). The Morgan fingerprint density at radius 3 is 2.31 bits per heavy atom. The number of hydrogen-bond acceptors (Lipinski definition) is 4. The van der Waals surface area contributed by atoms with Gasteiger partial charge in [-0.05, 0) is 63.5 Å². The zero-order valence-corrected chi connectivity index (χ0v) is 15.4. The second-order valence-corrected chi connectivity index (χ2v) is 7.18. The topological polar surface area (TPSA) is 49.3 Å². The first kappa shape index (κ1) is 18.5. The summed E-state index contributed by atoms with van der Waals surface area (Å²) in [6.45, 7) is 2.25. The zero-order chi connectivity index (χ0) is 18.5. The van der Waals surface area contributed by atoms with Gasteiger partial charge in [-0.25, -0.2) is 4.39 Å². The van der Waals surface area contributed by atoms with Crippen LogP contribution in [-0.2, 0) is 13.0 Å². The van der Waals surface area contributed by atoms with E-state index in [0.717, 1.165) is 50.3 Å². The molecule has 1 aliphatic heterocycles. The molecule has 1 aliphatic rings. The molecule has 0 N–H and O–H groups in total. The van der Waals surface area contributed by atoms with Crippen LogP contribution in [0.5, 0.6) is 0 Å². The Balaban J connectivity index is 1.50.